The molecule has 0 saturated carbocycles. The zero-order chi connectivity index (χ0) is 19.8. The topological polar surface area (TPSA) is 77.8 Å². The van der Waals surface area contributed by atoms with Crippen molar-refractivity contribution >= 4 is 17.2 Å². The molecule has 29 heavy (non-hydrogen) atoms. The third-order valence-electron chi connectivity index (χ3n) is 4.79. The molecule has 0 atom stereocenters. The van der Waals surface area contributed by atoms with E-state index in [1.54, 1.807) is 6.20 Å². The number of anilines is 1. The van der Waals surface area contributed by atoms with Gasteiger partial charge in [-0.3, -0.25) is 4.79 Å². The van der Waals surface area contributed by atoms with Crippen LogP contribution in [0.4, 0.5) is 5.69 Å². The lowest BCUT2D eigenvalue weighted by molar-refractivity contribution is -0.114. The maximum atomic E-state index is 11.4. The van der Waals surface area contributed by atoms with Gasteiger partial charge in [-0.1, -0.05) is 24.3 Å². The molecule has 2 aromatic heterocycles. The van der Waals surface area contributed by atoms with Crippen LogP contribution in [0.25, 0.3) is 28.2 Å². The number of benzene rings is 2. The third kappa shape index (κ3) is 3.21. The number of ether oxygens (including phenoxy) is 2. The summed E-state index contributed by atoms with van der Waals surface area (Å²) >= 11 is 0. The van der Waals surface area contributed by atoms with Gasteiger partial charge in [0.2, 0.25) is 5.91 Å². The Morgan fingerprint density at radius 2 is 2.03 bits per heavy atom. The van der Waals surface area contributed by atoms with Crippen molar-refractivity contribution in [3.8, 4) is 28.3 Å². The standard InChI is InChI=1S/C22H18N4O3/c1-14(27)24-16-5-2-4-15(10-16)20-11-23-22-9-8-19(25-26(20)22)17-6-3-7-21-18(17)12-28-13-29-21/h2-11H,12-13H2,1H3,(H,24,27). The lowest BCUT2D eigenvalue weighted by atomic mass is 10.0. The summed E-state index contributed by atoms with van der Waals surface area (Å²) < 4.78 is 12.9. The van der Waals surface area contributed by atoms with E-state index in [4.69, 9.17) is 14.6 Å². The van der Waals surface area contributed by atoms with Crippen LogP contribution >= 0.6 is 0 Å². The van der Waals surface area contributed by atoms with Gasteiger partial charge in [0.15, 0.2) is 12.4 Å². The molecular weight excluding hydrogens is 368 g/mol. The van der Waals surface area contributed by atoms with Crippen molar-refractivity contribution in [2.24, 2.45) is 0 Å². The summed E-state index contributed by atoms with van der Waals surface area (Å²) in [7, 11) is 0. The number of fused-ring (bicyclic) bond motifs is 2. The minimum absolute atomic E-state index is 0.112. The first-order chi connectivity index (χ1) is 14.2. The molecule has 7 heteroatoms. The molecule has 1 aliphatic heterocycles. The van der Waals surface area contributed by atoms with Crippen LogP contribution in [0.15, 0.2) is 60.8 Å². The average Bonchev–Trinajstić information content (AvgIpc) is 3.16. The van der Waals surface area contributed by atoms with Crippen LogP contribution < -0.4 is 10.1 Å². The highest BCUT2D eigenvalue weighted by molar-refractivity contribution is 5.89. The molecule has 4 aromatic rings. The average molecular weight is 386 g/mol. The zero-order valence-electron chi connectivity index (χ0n) is 15.8. The summed E-state index contributed by atoms with van der Waals surface area (Å²) in [5.74, 6) is 0.712. The monoisotopic (exact) mass is 386 g/mol. The zero-order valence-corrected chi connectivity index (χ0v) is 15.8. The number of carbonyl (C=O) groups excluding carboxylic acids is 1. The number of carbonyl (C=O) groups is 1. The first kappa shape index (κ1) is 17.4. The number of hydrogen-bond acceptors (Lipinski definition) is 5. The molecule has 1 N–H and O–H groups in total. The van der Waals surface area contributed by atoms with Crippen LogP contribution in [-0.2, 0) is 16.1 Å². The van der Waals surface area contributed by atoms with Crippen molar-refractivity contribution in [3.63, 3.8) is 0 Å². The van der Waals surface area contributed by atoms with Gasteiger partial charge in [0, 0.05) is 29.3 Å². The smallest absolute Gasteiger partial charge is 0.221 e. The molecule has 1 amide bonds. The Bertz CT molecular complexity index is 1230. The molecule has 0 aliphatic carbocycles. The van der Waals surface area contributed by atoms with Crippen molar-refractivity contribution in [3.05, 3.63) is 66.4 Å². The second-order valence-corrected chi connectivity index (χ2v) is 6.79. The molecule has 2 aromatic carbocycles. The van der Waals surface area contributed by atoms with Crippen LogP contribution in [0.2, 0.25) is 0 Å². The van der Waals surface area contributed by atoms with E-state index < -0.39 is 0 Å². The van der Waals surface area contributed by atoms with E-state index in [1.807, 2.05) is 59.1 Å². The van der Waals surface area contributed by atoms with Crippen LogP contribution in [-0.4, -0.2) is 27.3 Å². The molecule has 3 heterocycles. The second-order valence-electron chi connectivity index (χ2n) is 6.79. The minimum Gasteiger partial charge on any atom is -0.467 e. The van der Waals surface area contributed by atoms with E-state index in [9.17, 15) is 4.79 Å². The van der Waals surface area contributed by atoms with Crippen molar-refractivity contribution in [2.45, 2.75) is 13.5 Å². The fraction of sp³-hybridized carbons (Fsp3) is 0.136. The fourth-order valence-corrected chi connectivity index (χ4v) is 3.51. The third-order valence-corrected chi connectivity index (χ3v) is 4.79. The number of hydrogen-bond donors (Lipinski definition) is 1. The van der Waals surface area contributed by atoms with Gasteiger partial charge in [-0.05, 0) is 30.3 Å². The van der Waals surface area contributed by atoms with E-state index in [2.05, 4.69) is 10.3 Å². The lowest BCUT2D eigenvalue weighted by Crippen LogP contribution is -2.12. The molecule has 0 bridgehead atoms. The number of nitrogens with one attached hydrogen (secondary N) is 1. The van der Waals surface area contributed by atoms with E-state index in [1.165, 1.54) is 6.92 Å². The lowest BCUT2D eigenvalue weighted by Gasteiger charge is -2.20. The van der Waals surface area contributed by atoms with Crippen molar-refractivity contribution in [1.82, 2.24) is 14.6 Å². The van der Waals surface area contributed by atoms with Crippen LogP contribution in [0.3, 0.4) is 0 Å². The van der Waals surface area contributed by atoms with Crippen LogP contribution in [0, 0.1) is 0 Å². The van der Waals surface area contributed by atoms with Gasteiger partial charge in [-0.25, -0.2) is 9.50 Å². The Hall–Kier alpha value is -3.71. The van der Waals surface area contributed by atoms with Gasteiger partial charge >= 0.3 is 0 Å². The van der Waals surface area contributed by atoms with E-state index in [-0.39, 0.29) is 12.7 Å². The van der Waals surface area contributed by atoms with Gasteiger partial charge in [-0.2, -0.15) is 5.10 Å². The number of rotatable bonds is 3. The minimum atomic E-state index is -0.112. The van der Waals surface area contributed by atoms with E-state index in [0.717, 1.165) is 45.2 Å². The van der Waals surface area contributed by atoms with Crippen molar-refractivity contribution in [2.75, 3.05) is 12.1 Å². The number of imidazole rings is 1. The largest absolute Gasteiger partial charge is 0.467 e. The Morgan fingerprint density at radius 3 is 2.93 bits per heavy atom. The highest BCUT2D eigenvalue weighted by Gasteiger charge is 2.17. The molecule has 0 saturated heterocycles. The van der Waals surface area contributed by atoms with Gasteiger partial charge < -0.3 is 14.8 Å². The molecule has 0 spiro atoms. The molecule has 5 rings (SSSR count). The Morgan fingerprint density at radius 1 is 1.14 bits per heavy atom. The predicted molar refractivity (Wildman–Crippen MR) is 108 cm³/mol. The fourth-order valence-electron chi connectivity index (χ4n) is 3.51. The summed E-state index contributed by atoms with van der Waals surface area (Å²) in [4.78, 5) is 15.9. The van der Waals surface area contributed by atoms with Crippen molar-refractivity contribution < 1.29 is 14.3 Å². The molecule has 0 radical (unpaired) electrons. The van der Waals surface area contributed by atoms with Crippen molar-refractivity contribution in [1.29, 1.82) is 0 Å². The number of nitrogens with zero attached hydrogens (tertiary/aromatic N) is 3. The van der Waals surface area contributed by atoms with E-state index >= 15 is 0 Å². The Balaban J connectivity index is 1.61. The summed E-state index contributed by atoms with van der Waals surface area (Å²) in [6, 6.07) is 17.4. The Labute approximate surface area is 166 Å². The highest BCUT2D eigenvalue weighted by atomic mass is 16.7. The summed E-state index contributed by atoms with van der Waals surface area (Å²) in [5, 5.41) is 7.65. The molecule has 1 aliphatic rings. The maximum Gasteiger partial charge on any atom is 0.221 e. The Kier molecular flexibility index (Phi) is 4.22. The number of amides is 1. The van der Waals surface area contributed by atoms with Crippen LogP contribution in [0.1, 0.15) is 12.5 Å². The normalized spacial score (nSPS) is 13.0. The molecule has 0 fully saturated rings. The molecular formula is C22H18N4O3. The van der Waals surface area contributed by atoms with Gasteiger partial charge in [0.1, 0.15) is 5.75 Å². The van der Waals surface area contributed by atoms with Crippen LogP contribution in [0.5, 0.6) is 5.75 Å². The molecule has 144 valence electrons. The number of aromatic nitrogens is 3. The summed E-state index contributed by atoms with van der Waals surface area (Å²) in [5.41, 5.74) is 5.98. The van der Waals surface area contributed by atoms with Gasteiger partial charge in [0.25, 0.3) is 0 Å². The SMILES string of the molecule is CC(=O)Nc1cccc(-c2cnc3ccc(-c4cccc5c4COCO5)nn23)c1. The quantitative estimate of drug-likeness (QED) is 0.578. The molecule has 7 nitrogen and oxygen atoms in total. The first-order valence-corrected chi connectivity index (χ1v) is 9.25. The second kappa shape index (κ2) is 7.03. The van der Waals surface area contributed by atoms with Gasteiger partial charge in [0.05, 0.1) is 24.2 Å². The predicted octanol–water partition coefficient (Wildman–Crippen LogP) is 3.89. The van der Waals surface area contributed by atoms with E-state index in [0.29, 0.717) is 6.61 Å². The summed E-state index contributed by atoms with van der Waals surface area (Å²) in [6.07, 6.45) is 1.78. The highest BCUT2D eigenvalue weighted by Crippen LogP contribution is 2.33. The summed E-state index contributed by atoms with van der Waals surface area (Å²) in [6.45, 7) is 2.24. The first-order valence-electron chi connectivity index (χ1n) is 9.25. The molecule has 0 unspecified atom stereocenters. The van der Waals surface area contributed by atoms with Gasteiger partial charge in [-0.15, -0.1) is 0 Å². The maximum absolute atomic E-state index is 11.4.